The van der Waals surface area contributed by atoms with Crippen molar-refractivity contribution in [3.05, 3.63) is 0 Å². The SMILES string of the molecule is CCNC(C)(CCCOC1CCCC1)C(N)=O. The third-order valence-electron chi connectivity index (χ3n) is 3.59. The molecule has 1 saturated carbocycles. The molecule has 17 heavy (non-hydrogen) atoms. The second-order valence-corrected chi connectivity index (χ2v) is 5.11. The minimum Gasteiger partial charge on any atom is -0.378 e. The normalized spacial score (nSPS) is 20.4. The van der Waals surface area contributed by atoms with Crippen LogP contribution in [0, 0.1) is 0 Å². The first-order valence-electron chi connectivity index (χ1n) is 6.75. The van der Waals surface area contributed by atoms with Crippen LogP contribution in [0.3, 0.4) is 0 Å². The van der Waals surface area contributed by atoms with Crippen LogP contribution in [0.15, 0.2) is 0 Å². The highest BCUT2D eigenvalue weighted by Crippen LogP contribution is 2.21. The topological polar surface area (TPSA) is 64.3 Å². The predicted molar refractivity (Wildman–Crippen MR) is 68.7 cm³/mol. The zero-order chi connectivity index (χ0) is 12.7. The highest BCUT2D eigenvalue weighted by Gasteiger charge is 2.29. The first-order chi connectivity index (χ1) is 8.08. The van der Waals surface area contributed by atoms with Gasteiger partial charge in [-0.3, -0.25) is 4.79 Å². The van der Waals surface area contributed by atoms with Crippen LogP contribution < -0.4 is 11.1 Å². The fraction of sp³-hybridized carbons (Fsp3) is 0.923. The van der Waals surface area contributed by atoms with Gasteiger partial charge < -0.3 is 15.8 Å². The van der Waals surface area contributed by atoms with E-state index in [0.717, 1.165) is 26.0 Å². The van der Waals surface area contributed by atoms with E-state index in [2.05, 4.69) is 5.32 Å². The quantitative estimate of drug-likeness (QED) is 0.635. The van der Waals surface area contributed by atoms with Gasteiger partial charge in [0.25, 0.3) is 0 Å². The Balaban J connectivity index is 2.20. The zero-order valence-corrected chi connectivity index (χ0v) is 11.1. The number of rotatable bonds is 8. The number of ether oxygens (including phenoxy) is 1. The fourth-order valence-corrected chi connectivity index (χ4v) is 2.42. The van der Waals surface area contributed by atoms with E-state index in [9.17, 15) is 4.79 Å². The predicted octanol–water partition coefficient (Wildman–Crippen LogP) is 1.58. The van der Waals surface area contributed by atoms with Gasteiger partial charge in [-0.05, 0) is 39.2 Å². The molecule has 0 aromatic heterocycles. The lowest BCUT2D eigenvalue weighted by molar-refractivity contribution is -0.124. The number of hydrogen-bond donors (Lipinski definition) is 2. The van der Waals surface area contributed by atoms with Crippen molar-refractivity contribution in [2.45, 2.75) is 64.0 Å². The van der Waals surface area contributed by atoms with Crippen LogP contribution in [-0.2, 0) is 9.53 Å². The smallest absolute Gasteiger partial charge is 0.237 e. The van der Waals surface area contributed by atoms with Gasteiger partial charge in [-0.25, -0.2) is 0 Å². The van der Waals surface area contributed by atoms with Gasteiger partial charge in [0.05, 0.1) is 11.6 Å². The molecule has 0 saturated heterocycles. The van der Waals surface area contributed by atoms with Crippen molar-refractivity contribution < 1.29 is 9.53 Å². The van der Waals surface area contributed by atoms with Crippen molar-refractivity contribution in [1.29, 1.82) is 0 Å². The highest BCUT2D eigenvalue weighted by atomic mass is 16.5. The summed E-state index contributed by atoms with van der Waals surface area (Å²) < 4.78 is 5.78. The maximum Gasteiger partial charge on any atom is 0.237 e. The number of primary amides is 1. The molecular formula is C13H26N2O2. The number of nitrogens with one attached hydrogen (secondary N) is 1. The van der Waals surface area contributed by atoms with Crippen molar-refractivity contribution in [2.24, 2.45) is 5.73 Å². The number of carbonyl (C=O) groups is 1. The van der Waals surface area contributed by atoms with Crippen LogP contribution in [0.4, 0.5) is 0 Å². The second-order valence-electron chi connectivity index (χ2n) is 5.11. The van der Waals surface area contributed by atoms with Crippen LogP contribution in [0.5, 0.6) is 0 Å². The maximum atomic E-state index is 11.4. The summed E-state index contributed by atoms with van der Waals surface area (Å²) in [5.41, 5.74) is 4.83. The van der Waals surface area contributed by atoms with E-state index < -0.39 is 5.54 Å². The van der Waals surface area contributed by atoms with Crippen LogP contribution in [0.25, 0.3) is 0 Å². The molecule has 1 aliphatic rings. The van der Waals surface area contributed by atoms with Crippen molar-refractivity contribution in [2.75, 3.05) is 13.2 Å². The molecule has 0 aromatic rings. The van der Waals surface area contributed by atoms with E-state index in [-0.39, 0.29) is 5.91 Å². The molecule has 100 valence electrons. The van der Waals surface area contributed by atoms with E-state index in [1.807, 2.05) is 13.8 Å². The van der Waals surface area contributed by atoms with Gasteiger partial charge >= 0.3 is 0 Å². The Morgan fingerprint density at radius 2 is 2.12 bits per heavy atom. The van der Waals surface area contributed by atoms with E-state index in [1.165, 1.54) is 25.7 Å². The van der Waals surface area contributed by atoms with Crippen molar-refractivity contribution >= 4 is 5.91 Å². The summed E-state index contributed by atoms with van der Waals surface area (Å²) in [6.45, 7) is 5.34. The third-order valence-corrected chi connectivity index (χ3v) is 3.59. The van der Waals surface area contributed by atoms with Crippen molar-refractivity contribution in [1.82, 2.24) is 5.32 Å². The lowest BCUT2D eigenvalue weighted by atomic mass is 9.95. The van der Waals surface area contributed by atoms with Crippen LogP contribution in [0.2, 0.25) is 0 Å². The Bertz CT molecular complexity index is 240. The summed E-state index contributed by atoms with van der Waals surface area (Å²) in [6, 6.07) is 0. The molecule has 0 heterocycles. The summed E-state index contributed by atoms with van der Waals surface area (Å²) >= 11 is 0. The molecule has 1 atom stereocenters. The molecule has 0 bridgehead atoms. The Morgan fingerprint density at radius 1 is 1.47 bits per heavy atom. The standard InChI is InChI=1S/C13H26N2O2/c1-3-15-13(2,12(14)16)9-6-10-17-11-7-4-5-8-11/h11,15H,3-10H2,1-2H3,(H2,14,16). The molecule has 0 aliphatic heterocycles. The summed E-state index contributed by atoms with van der Waals surface area (Å²) in [6.07, 6.45) is 7.04. The molecule has 0 radical (unpaired) electrons. The van der Waals surface area contributed by atoms with Crippen LogP contribution in [0.1, 0.15) is 52.4 Å². The van der Waals surface area contributed by atoms with Gasteiger partial charge in [-0.1, -0.05) is 19.8 Å². The number of likely N-dealkylation sites (N-methyl/N-ethyl adjacent to an activating group) is 1. The van der Waals surface area contributed by atoms with Gasteiger partial charge in [0.15, 0.2) is 0 Å². The highest BCUT2D eigenvalue weighted by molar-refractivity contribution is 5.84. The minimum absolute atomic E-state index is 0.278. The van der Waals surface area contributed by atoms with Crippen molar-refractivity contribution in [3.63, 3.8) is 0 Å². The Hall–Kier alpha value is -0.610. The molecule has 0 aromatic carbocycles. The maximum absolute atomic E-state index is 11.4. The molecule has 0 spiro atoms. The van der Waals surface area contributed by atoms with Gasteiger partial charge in [-0.2, -0.15) is 0 Å². The summed E-state index contributed by atoms with van der Waals surface area (Å²) in [5, 5.41) is 3.16. The molecular weight excluding hydrogens is 216 g/mol. The summed E-state index contributed by atoms with van der Waals surface area (Å²) in [5.74, 6) is -0.278. The number of nitrogens with two attached hydrogens (primary N) is 1. The first kappa shape index (κ1) is 14.5. The van der Waals surface area contributed by atoms with E-state index in [1.54, 1.807) is 0 Å². The fourth-order valence-electron chi connectivity index (χ4n) is 2.42. The zero-order valence-electron chi connectivity index (χ0n) is 11.1. The number of carbonyl (C=O) groups excluding carboxylic acids is 1. The lowest BCUT2D eigenvalue weighted by Crippen LogP contribution is -2.53. The van der Waals surface area contributed by atoms with Gasteiger partial charge in [0.2, 0.25) is 5.91 Å². The van der Waals surface area contributed by atoms with E-state index in [4.69, 9.17) is 10.5 Å². The average Bonchev–Trinajstić information content (AvgIpc) is 2.77. The monoisotopic (exact) mass is 242 g/mol. The largest absolute Gasteiger partial charge is 0.378 e. The second kappa shape index (κ2) is 6.97. The van der Waals surface area contributed by atoms with Gasteiger partial charge in [0, 0.05) is 6.61 Å². The Morgan fingerprint density at radius 3 is 2.65 bits per heavy atom. The minimum atomic E-state index is -0.589. The molecule has 1 fully saturated rings. The van der Waals surface area contributed by atoms with Crippen LogP contribution in [-0.4, -0.2) is 30.7 Å². The molecule has 4 heteroatoms. The number of hydrogen-bond acceptors (Lipinski definition) is 3. The molecule has 1 amide bonds. The lowest BCUT2D eigenvalue weighted by Gasteiger charge is -2.27. The average molecular weight is 242 g/mol. The number of amides is 1. The van der Waals surface area contributed by atoms with Crippen molar-refractivity contribution in [3.8, 4) is 0 Å². The van der Waals surface area contributed by atoms with E-state index >= 15 is 0 Å². The summed E-state index contributed by atoms with van der Waals surface area (Å²) in [4.78, 5) is 11.4. The van der Waals surface area contributed by atoms with Crippen LogP contribution >= 0.6 is 0 Å². The molecule has 1 aliphatic carbocycles. The molecule has 4 nitrogen and oxygen atoms in total. The Labute approximate surface area is 104 Å². The molecule has 3 N–H and O–H groups in total. The third kappa shape index (κ3) is 4.64. The van der Waals surface area contributed by atoms with Gasteiger partial charge in [-0.15, -0.1) is 0 Å². The first-order valence-corrected chi connectivity index (χ1v) is 6.75. The summed E-state index contributed by atoms with van der Waals surface area (Å²) in [7, 11) is 0. The molecule has 1 rings (SSSR count). The molecule has 1 unspecified atom stereocenters. The van der Waals surface area contributed by atoms with E-state index in [0.29, 0.717) is 6.10 Å². The Kier molecular flexibility index (Phi) is 5.92. The van der Waals surface area contributed by atoms with Gasteiger partial charge in [0.1, 0.15) is 0 Å².